The Morgan fingerprint density at radius 2 is 1.91 bits per heavy atom. The fourth-order valence-electron chi connectivity index (χ4n) is 5.30. The largest absolute Gasteiger partial charge is 0.436 e. The van der Waals surface area contributed by atoms with Crippen LogP contribution in [-0.4, -0.2) is 59.6 Å². The zero-order valence-corrected chi connectivity index (χ0v) is 23.3. The molecule has 2 atom stereocenters. The van der Waals surface area contributed by atoms with Crippen LogP contribution in [0.15, 0.2) is 60.8 Å². The molecule has 3 heterocycles. The van der Waals surface area contributed by atoms with Crippen molar-refractivity contribution in [2.45, 2.75) is 37.1 Å². The first-order valence-corrected chi connectivity index (χ1v) is 13.7. The van der Waals surface area contributed by atoms with Crippen LogP contribution in [0.25, 0.3) is 0 Å². The van der Waals surface area contributed by atoms with Gasteiger partial charge >= 0.3 is 12.3 Å². The van der Waals surface area contributed by atoms with E-state index in [4.69, 9.17) is 16.3 Å². The number of carbonyl (C=O) groups is 3. The van der Waals surface area contributed by atoms with Gasteiger partial charge < -0.3 is 20.3 Å². The fourth-order valence-corrected chi connectivity index (χ4v) is 5.45. The maximum Gasteiger partial charge on any atom is 0.412 e. The van der Waals surface area contributed by atoms with Crippen LogP contribution >= 0.6 is 11.6 Å². The molecule has 43 heavy (non-hydrogen) atoms. The molecule has 2 aliphatic heterocycles. The van der Waals surface area contributed by atoms with Gasteiger partial charge in [0, 0.05) is 19.2 Å². The van der Waals surface area contributed by atoms with Crippen molar-refractivity contribution in [3.05, 3.63) is 88.3 Å². The SMILES string of the molecule is O=C1Nc2ccc(Cl)c(F)c2[C@@]2(CCCN(C(=O)[C@H](Cc3ccccc3)NC(=O)c3ccc(NCC(F)(F)F)nc3)C2)O1. The van der Waals surface area contributed by atoms with Gasteiger partial charge in [0.15, 0.2) is 11.4 Å². The van der Waals surface area contributed by atoms with Gasteiger partial charge in [-0.05, 0) is 42.7 Å². The molecule has 0 unspecified atom stereocenters. The van der Waals surface area contributed by atoms with Crippen LogP contribution in [0, 0.1) is 5.82 Å². The van der Waals surface area contributed by atoms with Gasteiger partial charge in [0.25, 0.3) is 5.91 Å². The highest BCUT2D eigenvalue weighted by molar-refractivity contribution is 6.31. The quantitative estimate of drug-likeness (QED) is 0.311. The summed E-state index contributed by atoms with van der Waals surface area (Å²) in [7, 11) is 0. The number of carbonyl (C=O) groups excluding carboxylic acids is 3. The van der Waals surface area contributed by atoms with E-state index in [2.05, 4.69) is 20.9 Å². The topological polar surface area (TPSA) is 113 Å². The number of pyridine rings is 1. The molecular formula is C29H26ClF4N5O4. The molecule has 226 valence electrons. The van der Waals surface area contributed by atoms with Crippen molar-refractivity contribution in [1.29, 1.82) is 0 Å². The molecule has 0 radical (unpaired) electrons. The normalized spacial score (nSPS) is 18.7. The minimum atomic E-state index is -4.44. The van der Waals surface area contributed by atoms with E-state index in [1.807, 2.05) is 0 Å². The highest BCUT2D eigenvalue weighted by atomic mass is 35.5. The lowest BCUT2D eigenvalue weighted by molar-refractivity contribution is -0.141. The van der Waals surface area contributed by atoms with Crippen molar-refractivity contribution < 1.29 is 36.7 Å². The number of aromatic nitrogens is 1. The maximum absolute atomic E-state index is 15.3. The summed E-state index contributed by atoms with van der Waals surface area (Å²) in [5, 5.41) is 7.15. The Balaban J connectivity index is 1.38. The number of nitrogens with zero attached hydrogens (tertiary/aromatic N) is 2. The number of alkyl halides is 3. The standard InChI is InChI=1S/C29H26ClF4N5O4/c30-19-8-9-20-23(24(19)31)28(43-27(42)38-20)11-4-12-39(16-28)26(41)21(13-17-5-2-1-3-6-17)37-25(40)18-7-10-22(35-14-18)36-15-29(32,33)34/h1-3,5-10,14,21H,4,11-13,15-16H2,(H,35,36)(H,37,40)(H,38,42)/t21-,28-/m0/s1. The Morgan fingerprint density at radius 1 is 1.14 bits per heavy atom. The third-order valence-electron chi connectivity index (χ3n) is 7.22. The molecule has 0 saturated carbocycles. The number of halogens is 5. The van der Waals surface area contributed by atoms with Crippen LogP contribution in [0.2, 0.25) is 5.02 Å². The molecule has 2 aliphatic rings. The first-order chi connectivity index (χ1) is 20.4. The molecule has 3 aromatic rings. The van der Waals surface area contributed by atoms with E-state index < -0.39 is 48.1 Å². The lowest BCUT2D eigenvalue weighted by Crippen LogP contribution is -2.57. The number of amides is 3. The van der Waals surface area contributed by atoms with Gasteiger partial charge in [-0.2, -0.15) is 13.2 Å². The smallest absolute Gasteiger partial charge is 0.412 e. The Bertz CT molecular complexity index is 1520. The summed E-state index contributed by atoms with van der Waals surface area (Å²) in [4.78, 5) is 44.9. The fraction of sp³-hybridized carbons (Fsp3) is 0.310. The van der Waals surface area contributed by atoms with E-state index in [-0.39, 0.29) is 53.6 Å². The van der Waals surface area contributed by atoms with E-state index >= 15 is 4.39 Å². The second-order valence-corrected chi connectivity index (χ2v) is 10.7. The zero-order chi connectivity index (χ0) is 30.8. The summed E-state index contributed by atoms with van der Waals surface area (Å²) in [5.74, 6) is -2.00. The molecule has 1 fully saturated rings. The van der Waals surface area contributed by atoms with Crippen molar-refractivity contribution in [1.82, 2.24) is 15.2 Å². The number of ether oxygens (including phenoxy) is 1. The van der Waals surface area contributed by atoms with E-state index in [9.17, 15) is 27.6 Å². The third kappa shape index (κ3) is 6.82. The molecule has 9 nitrogen and oxygen atoms in total. The number of anilines is 2. The second kappa shape index (κ2) is 12.1. The molecule has 3 N–H and O–H groups in total. The molecular weight excluding hydrogens is 594 g/mol. The van der Waals surface area contributed by atoms with Gasteiger partial charge in [-0.25, -0.2) is 14.2 Å². The Labute approximate surface area is 248 Å². The monoisotopic (exact) mass is 619 g/mol. The first-order valence-electron chi connectivity index (χ1n) is 13.3. The molecule has 1 spiro atoms. The van der Waals surface area contributed by atoms with E-state index in [1.54, 1.807) is 30.3 Å². The number of hydrogen-bond donors (Lipinski definition) is 3. The average Bonchev–Trinajstić information content (AvgIpc) is 2.97. The summed E-state index contributed by atoms with van der Waals surface area (Å²) < 4.78 is 58.5. The van der Waals surface area contributed by atoms with Gasteiger partial charge in [0.1, 0.15) is 18.4 Å². The lowest BCUT2D eigenvalue weighted by Gasteiger charge is -2.45. The molecule has 5 rings (SSSR count). The highest BCUT2D eigenvalue weighted by Crippen LogP contribution is 2.45. The summed E-state index contributed by atoms with van der Waals surface area (Å²) in [6, 6.07) is 13.2. The van der Waals surface area contributed by atoms with Crippen molar-refractivity contribution in [3.8, 4) is 0 Å². The predicted octanol–water partition coefficient (Wildman–Crippen LogP) is 5.27. The van der Waals surface area contributed by atoms with Crippen LogP contribution in [0.3, 0.4) is 0 Å². The van der Waals surface area contributed by atoms with Gasteiger partial charge in [-0.15, -0.1) is 0 Å². The Kier molecular flexibility index (Phi) is 8.45. The molecule has 0 aliphatic carbocycles. The maximum atomic E-state index is 15.3. The summed E-state index contributed by atoms with van der Waals surface area (Å²) in [6.45, 7) is -1.21. The van der Waals surface area contributed by atoms with Crippen molar-refractivity contribution in [2.75, 3.05) is 30.3 Å². The Hall–Kier alpha value is -4.39. The molecule has 3 amide bonds. The number of fused-ring (bicyclic) bond motifs is 2. The van der Waals surface area contributed by atoms with Gasteiger partial charge in [0.05, 0.1) is 28.4 Å². The molecule has 1 aromatic heterocycles. The average molecular weight is 620 g/mol. The Morgan fingerprint density at radius 3 is 2.60 bits per heavy atom. The van der Waals surface area contributed by atoms with Crippen LogP contribution in [0.1, 0.15) is 34.3 Å². The zero-order valence-electron chi connectivity index (χ0n) is 22.5. The highest BCUT2D eigenvalue weighted by Gasteiger charge is 2.49. The van der Waals surface area contributed by atoms with Crippen molar-refractivity contribution in [2.24, 2.45) is 0 Å². The van der Waals surface area contributed by atoms with E-state index in [0.29, 0.717) is 6.42 Å². The van der Waals surface area contributed by atoms with Crippen LogP contribution < -0.4 is 16.0 Å². The summed E-state index contributed by atoms with van der Waals surface area (Å²) >= 11 is 6.06. The number of hydrogen-bond acceptors (Lipinski definition) is 6. The number of benzene rings is 2. The summed E-state index contributed by atoms with van der Waals surface area (Å²) in [6.07, 6.45) is -3.42. The number of nitrogens with one attached hydrogen (secondary N) is 3. The molecule has 0 bridgehead atoms. The van der Waals surface area contributed by atoms with E-state index in [1.165, 1.54) is 29.2 Å². The molecule has 2 aromatic carbocycles. The van der Waals surface area contributed by atoms with Crippen molar-refractivity contribution >= 4 is 41.0 Å². The van der Waals surface area contributed by atoms with Crippen molar-refractivity contribution in [3.63, 3.8) is 0 Å². The first kappa shape index (κ1) is 30.1. The second-order valence-electron chi connectivity index (χ2n) is 10.3. The minimum Gasteiger partial charge on any atom is -0.436 e. The number of rotatable bonds is 7. The molecule has 14 heteroatoms. The summed E-state index contributed by atoms with van der Waals surface area (Å²) in [5.41, 5.74) is -0.482. The lowest BCUT2D eigenvalue weighted by atomic mass is 9.82. The third-order valence-corrected chi connectivity index (χ3v) is 7.52. The van der Waals surface area contributed by atoms with Crippen LogP contribution in [-0.2, 0) is 21.6 Å². The predicted molar refractivity (Wildman–Crippen MR) is 149 cm³/mol. The van der Waals surface area contributed by atoms with E-state index in [0.717, 1.165) is 11.8 Å². The minimum absolute atomic E-state index is 0.0245. The van der Waals surface area contributed by atoms with Gasteiger partial charge in [0.2, 0.25) is 5.91 Å². The van der Waals surface area contributed by atoms with Crippen LogP contribution in [0.4, 0.5) is 33.9 Å². The number of likely N-dealkylation sites (tertiary alicyclic amines) is 1. The van der Waals surface area contributed by atoms with Gasteiger partial charge in [-0.3, -0.25) is 14.9 Å². The van der Waals surface area contributed by atoms with Gasteiger partial charge in [-0.1, -0.05) is 41.9 Å². The number of piperidine rings is 1. The molecule has 1 saturated heterocycles. The van der Waals surface area contributed by atoms with Crippen LogP contribution in [0.5, 0.6) is 0 Å².